The van der Waals surface area contributed by atoms with Gasteiger partial charge in [0.25, 0.3) is 0 Å². The molecule has 1 fully saturated rings. The van der Waals surface area contributed by atoms with Crippen molar-refractivity contribution in [1.82, 2.24) is 14.9 Å². The van der Waals surface area contributed by atoms with Crippen LogP contribution in [0.3, 0.4) is 0 Å². The summed E-state index contributed by atoms with van der Waals surface area (Å²) in [6.45, 7) is 1.31. The maximum absolute atomic E-state index is 12.6. The van der Waals surface area contributed by atoms with Crippen molar-refractivity contribution in [1.29, 1.82) is 0 Å². The number of imidazole rings is 1. The number of nitrogens with one attached hydrogen (secondary N) is 2. The lowest BCUT2D eigenvalue weighted by Gasteiger charge is -2.13. The molecule has 150 valence electrons. The van der Waals surface area contributed by atoms with Gasteiger partial charge in [0.2, 0.25) is 5.91 Å². The molecule has 0 atom stereocenters. The van der Waals surface area contributed by atoms with E-state index in [0.29, 0.717) is 19.7 Å². The summed E-state index contributed by atoms with van der Waals surface area (Å²) in [5.74, 6) is 0.713. The molecule has 3 aromatic rings. The summed E-state index contributed by atoms with van der Waals surface area (Å²) >= 11 is 1.66. The quantitative estimate of drug-likeness (QED) is 0.667. The number of aryl methyl sites for hydroxylation is 1. The molecule has 0 saturated carbocycles. The van der Waals surface area contributed by atoms with Crippen molar-refractivity contribution < 1.29 is 14.3 Å². The largest absolute Gasteiger partial charge is 0.448 e. The van der Waals surface area contributed by atoms with Crippen LogP contribution in [0, 0.1) is 0 Å². The number of rotatable bonds is 5. The summed E-state index contributed by atoms with van der Waals surface area (Å²) in [6.07, 6.45) is 4.29. The molecule has 7 nitrogen and oxygen atoms in total. The van der Waals surface area contributed by atoms with E-state index in [2.05, 4.69) is 10.3 Å². The number of nitrogens with zero attached hydrogens (tertiary/aromatic N) is 2. The number of para-hydroxylation sites is 2. The third kappa shape index (κ3) is 3.48. The number of ether oxygens (including phenoxy) is 1. The van der Waals surface area contributed by atoms with Crippen LogP contribution in [0.5, 0.6) is 0 Å². The zero-order valence-electron chi connectivity index (χ0n) is 16.0. The first-order valence-electron chi connectivity index (χ1n) is 10.0. The predicted molar refractivity (Wildman–Crippen MR) is 112 cm³/mol. The average Bonchev–Trinajstić information content (AvgIpc) is 3.41. The van der Waals surface area contributed by atoms with Gasteiger partial charge in [0.1, 0.15) is 17.4 Å². The van der Waals surface area contributed by atoms with E-state index in [9.17, 15) is 9.59 Å². The van der Waals surface area contributed by atoms with Gasteiger partial charge >= 0.3 is 6.09 Å². The first-order valence-corrected chi connectivity index (χ1v) is 10.8. The first-order chi connectivity index (χ1) is 14.2. The van der Waals surface area contributed by atoms with Gasteiger partial charge in [-0.3, -0.25) is 4.79 Å². The minimum absolute atomic E-state index is 0.0966. The number of cyclic esters (lactones) is 1. The van der Waals surface area contributed by atoms with Crippen LogP contribution in [0.2, 0.25) is 0 Å². The predicted octanol–water partition coefficient (Wildman–Crippen LogP) is 3.95. The average molecular weight is 410 g/mol. The summed E-state index contributed by atoms with van der Waals surface area (Å²) in [5.41, 5.74) is 4.24. The SMILES string of the molecule is O=C(CCN1CCOC1=O)Nc1sc2c(c1-c1nc3ccccc3[nH]1)CCCC2. The van der Waals surface area contributed by atoms with Crippen LogP contribution in [0.1, 0.15) is 29.7 Å². The van der Waals surface area contributed by atoms with Gasteiger partial charge in [-0.05, 0) is 43.4 Å². The monoisotopic (exact) mass is 410 g/mol. The molecule has 1 aliphatic heterocycles. The molecule has 2 amide bonds. The Morgan fingerprint density at radius 1 is 1.28 bits per heavy atom. The van der Waals surface area contributed by atoms with Crippen LogP contribution in [0.4, 0.5) is 9.80 Å². The Kier molecular flexibility index (Phi) is 4.71. The minimum Gasteiger partial charge on any atom is -0.448 e. The molecule has 5 rings (SSSR count). The lowest BCUT2D eigenvalue weighted by atomic mass is 9.95. The van der Waals surface area contributed by atoms with Gasteiger partial charge in [0.05, 0.1) is 23.1 Å². The second kappa shape index (κ2) is 7.51. The molecule has 0 unspecified atom stereocenters. The molecule has 2 N–H and O–H groups in total. The van der Waals surface area contributed by atoms with Gasteiger partial charge in [-0.15, -0.1) is 11.3 Å². The van der Waals surface area contributed by atoms with E-state index < -0.39 is 0 Å². The zero-order valence-corrected chi connectivity index (χ0v) is 16.8. The van der Waals surface area contributed by atoms with Gasteiger partial charge in [-0.2, -0.15) is 0 Å². The highest BCUT2D eigenvalue weighted by molar-refractivity contribution is 7.17. The second-order valence-corrected chi connectivity index (χ2v) is 8.52. The first kappa shape index (κ1) is 18.2. The van der Waals surface area contributed by atoms with Gasteiger partial charge in [0, 0.05) is 17.8 Å². The molecule has 0 bridgehead atoms. The number of benzene rings is 1. The number of fused-ring (bicyclic) bond motifs is 2. The van der Waals surface area contributed by atoms with Crippen LogP contribution in [0.25, 0.3) is 22.4 Å². The normalized spacial score (nSPS) is 16.1. The number of carbonyl (C=O) groups excluding carboxylic acids is 2. The summed E-state index contributed by atoms with van der Waals surface area (Å²) < 4.78 is 4.92. The van der Waals surface area contributed by atoms with E-state index >= 15 is 0 Å². The number of amides is 2. The summed E-state index contributed by atoms with van der Waals surface area (Å²) in [7, 11) is 0. The highest BCUT2D eigenvalue weighted by Gasteiger charge is 2.26. The van der Waals surface area contributed by atoms with E-state index in [1.807, 2.05) is 24.3 Å². The summed E-state index contributed by atoms with van der Waals surface area (Å²) in [5, 5.41) is 3.94. The summed E-state index contributed by atoms with van der Waals surface area (Å²) in [6, 6.07) is 7.96. The molecule has 1 aromatic carbocycles. The number of H-pyrrole nitrogens is 1. The number of aromatic amines is 1. The van der Waals surface area contributed by atoms with Gasteiger partial charge in [-0.1, -0.05) is 12.1 Å². The number of thiophene rings is 1. The maximum Gasteiger partial charge on any atom is 0.409 e. The lowest BCUT2D eigenvalue weighted by molar-refractivity contribution is -0.116. The fourth-order valence-electron chi connectivity index (χ4n) is 4.03. The highest BCUT2D eigenvalue weighted by Crippen LogP contribution is 2.43. The van der Waals surface area contributed by atoms with Gasteiger partial charge in [-0.25, -0.2) is 9.78 Å². The fraction of sp³-hybridized carbons (Fsp3) is 0.381. The molecule has 2 aromatic heterocycles. The van der Waals surface area contributed by atoms with Crippen molar-refractivity contribution >= 4 is 39.4 Å². The number of anilines is 1. The Labute approximate surface area is 172 Å². The van der Waals surface area contributed by atoms with Crippen molar-refractivity contribution in [2.75, 3.05) is 25.0 Å². The van der Waals surface area contributed by atoms with Crippen molar-refractivity contribution in [2.24, 2.45) is 0 Å². The maximum atomic E-state index is 12.6. The van der Waals surface area contributed by atoms with Crippen molar-refractivity contribution in [3.63, 3.8) is 0 Å². The number of hydrogen-bond acceptors (Lipinski definition) is 5. The van der Waals surface area contributed by atoms with E-state index in [0.717, 1.165) is 46.7 Å². The zero-order chi connectivity index (χ0) is 19.8. The Morgan fingerprint density at radius 2 is 2.14 bits per heavy atom. The third-order valence-electron chi connectivity index (χ3n) is 5.50. The molecule has 1 aliphatic carbocycles. The molecule has 8 heteroatoms. The Balaban J connectivity index is 1.42. The molecular formula is C21H22N4O3S. The fourth-order valence-corrected chi connectivity index (χ4v) is 5.34. The van der Waals surface area contributed by atoms with Crippen LogP contribution in [0.15, 0.2) is 24.3 Å². The number of hydrogen-bond donors (Lipinski definition) is 2. The molecule has 1 saturated heterocycles. The van der Waals surface area contributed by atoms with Crippen LogP contribution >= 0.6 is 11.3 Å². The molecular weight excluding hydrogens is 388 g/mol. The third-order valence-corrected chi connectivity index (χ3v) is 6.71. The number of carbonyl (C=O) groups is 2. The highest BCUT2D eigenvalue weighted by atomic mass is 32.1. The molecule has 0 radical (unpaired) electrons. The van der Waals surface area contributed by atoms with E-state index in [1.165, 1.54) is 16.9 Å². The van der Waals surface area contributed by atoms with Gasteiger partial charge < -0.3 is 19.9 Å². The Hall–Kier alpha value is -2.87. The molecule has 3 heterocycles. The van der Waals surface area contributed by atoms with E-state index in [1.54, 1.807) is 16.2 Å². The summed E-state index contributed by atoms with van der Waals surface area (Å²) in [4.78, 5) is 35.3. The van der Waals surface area contributed by atoms with Crippen LogP contribution in [-0.2, 0) is 22.4 Å². The van der Waals surface area contributed by atoms with Crippen molar-refractivity contribution in [2.45, 2.75) is 32.1 Å². The molecule has 0 spiro atoms. The number of aromatic nitrogens is 2. The van der Waals surface area contributed by atoms with Crippen molar-refractivity contribution in [3.05, 3.63) is 34.7 Å². The van der Waals surface area contributed by atoms with Gasteiger partial charge in [0.15, 0.2) is 0 Å². The molecule has 29 heavy (non-hydrogen) atoms. The van der Waals surface area contributed by atoms with Crippen LogP contribution < -0.4 is 5.32 Å². The second-order valence-electron chi connectivity index (χ2n) is 7.42. The molecule has 2 aliphatic rings. The van der Waals surface area contributed by atoms with Crippen LogP contribution in [-0.4, -0.2) is 46.6 Å². The minimum atomic E-state index is -0.340. The standard InChI is InChI=1S/C21H22N4O3S/c26-17(9-10-25-11-12-28-21(25)27)24-20-18(13-5-1-4-8-16(13)29-20)19-22-14-6-2-3-7-15(14)23-19/h2-3,6-7H,1,4-5,8-12H2,(H,22,23)(H,24,26). The topological polar surface area (TPSA) is 87.3 Å². The Bertz CT molecular complexity index is 1050. The Morgan fingerprint density at radius 3 is 2.97 bits per heavy atom. The van der Waals surface area contributed by atoms with E-state index in [-0.39, 0.29) is 18.4 Å². The van der Waals surface area contributed by atoms with E-state index in [4.69, 9.17) is 9.72 Å². The lowest BCUT2D eigenvalue weighted by Crippen LogP contribution is -2.28. The smallest absolute Gasteiger partial charge is 0.409 e. The van der Waals surface area contributed by atoms with Crippen molar-refractivity contribution in [3.8, 4) is 11.4 Å².